The van der Waals surface area contributed by atoms with Crippen LogP contribution in [0.25, 0.3) is 0 Å². The van der Waals surface area contributed by atoms with E-state index in [1.54, 1.807) is 12.4 Å². The number of hydrogen-bond donors (Lipinski definition) is 2. The Hall–Kier alpha value is -3.48. The number of hydrogen-bond acceptors (Lipinski definition) is 5. The molecular formula is C19H18N4O3. The molecule has 3 rings (SSSR count). The predicted molar refractivity (Wildman–Crippen MR) is 95.9 cm³/mol. The molecule has 0 fully saturated rings. The van der Waals surface area contributed by atoms with Gasteiger partial charge in [-0.25, -0.2) is 4.98 Å². The minimum atomic E-state index is -0.493. The Balaban J connectivity index is 1.55. The van der Waals surface area contributed by atoms with E-state index < -0.39 is 11.5 Å². The molecule has 0 saturated carbocycles. The first-order valence-corrected chi connectivity index (χ1v) is 8.15. The van der Waals surface area contributed by atoms with Crippen molar-refractivity contribution in [2.45, 2.75) is 13.0 Å². The molecule has 2 aromatic heterocycles. The zero-order chi connectivity index (χ0) is 18.2. The van der Waals surface area contributed by atoms with E-state index in [2.05, 4.69) is 20.3 Å². The van der Waals surface area contributed by atoms with Crippen LogP contribution in [0.4, 0.5) is 0 Å². The van der Waals surface area contributed by atoms with Crippen molar-refractivity contribution in [3.63, 3.8) is 0 Å². The molecule has 132 valence electrons. The van der Waals surface area contributed by atoms with E-state index >= 15 is 0 Å². The molecule has 0 aliphatic heterocycles. The van der Waals surface area contributed by atoms with E-state index in [-0.39, 0.29) is 12.2 Å². The molecule has 0 radical (unpaired) electrons. The summed E-state index contributed by atoms with van der Waals surface area (Å²) in [7, 11) is 0. The second-order valence-corrected chi connectivity index (χ2v) is 5.54. The number of rotatable bonds is 7. The Bertz CT molecular complexity index is 911. The van der Waals surface area contributed by atoms with Crippen LogP contribution in [0.1, 0.15) is 21.7 Å². The zero-order valence-corrected chi connectivity index (χ0v) is 14.0. The zero-order valence-electron chi connectivity index (χ0n) is 14.0. The molecule has 0 bridgehead atoms. The van der Waals surface area contributed by atoms with Gasteiger partial charge in [-0.1, -0.05) is 18.2 Å². The fraction of sp³-hybridized carbons (Fsp3) is 0.158. The molecule has 7 nitrogen and oxygen atoms in total. The molecule has 0 atom stereocenters. The molecular weight excluding hydrogens is 332 g/mol. The molecule has 0 saturated heterocycles. The van der Waals surface area contributed by atoms with Crippen LogP contribution in [0.3, 0.4) is 0 Å². The van der Waals surface area contributed by atoms with Gasteiger partial charge < -0.3 is 15.0 Å². The van der Waals surface area contributed by atoms with Crippen molar-refractivity contribution in [1.29, 1.82) is 0 Å². The van der Waals surface area contributed by atoms with Gasteiger partial charge in [0, 0.05) is 25.1 Å². The van der Waals surface area contributed by atoms with Crippen molar-refractivity contribution >= 4 is 5.91 Å². The van der Waals surface area contributed by atoms with Crippen LogP contribution in [0.2, 0.25) is 0 Å². The summed E-state index contributed by atoms with van der Waals surface area (Å²) in [6.45, 7) is 0.532. The van der Waals surface area contributed by atoms with Gasteiger partial charge >= 0.3 is 0 Å². The summed E-state index contributed by atoms with van der Waals surface area (Å²) in [5, 5.41) is 2.71. The molecule has 2 heterocycles. The highest BCUT2D eigenvalue weighted by molar-refractivity contribution is 5.93. The van der Waals surface area contributed by atoms with E-state index in [0.717, 1.165) is 5.56 Å². The summed E-state index contributed by atoms with van der Waals surface area (Å²) in [5.74, 6) is 0.573. The maximum Gasteiger partial charge on any atom is 0.263 e. The fourth-order valence-corrected chi connectivity index (χ4v) is 2.30. The van der Waals surface area contributed by atoms with Gasteiger partial charge in [0.25, 0.3) is 11.5 Å². The second-order valence-electron chi connectivity index (χ2n) is 5.54. The second kappa shape index (κ2) is 8.57. The lowest BCUT2D eigenvalue weighted by Gasteiger charge is -2.07. The average Bonchev–Trinajstić information content (AvgIpc) is 2.68. The molecule has 26 heavy (non-hydrogen) atoms. The highest BCUT2D eigenvalue weighted by atomic mass is 16.5. The maximum atomic E-state index is 12.1. The van der Waals surface area contributed by atoms with E-state index in [1.165, 1.54) is 6.20 Å². The summed E-state index contributed by atoms with van der Waals surface area (Å²) < 4.78 is 5.52. The molecule has 1 amide bonds. The molecule has 2 N–H and O–H groups in total. The summed E-state index contributed by atoms with van der Waals surface area (Å²) in [4.78, 5) is 34.8. The number of carbonyl (C=O) groups is 1. The molecule has 0 aliphatic rings. The van der Waals surface area contributed by atoms with Crippen molar-refractivity contribution in [3.05, 3.63) is 88.4 Å². The Morgan fingerprint density at radius 2 is 1.88 bits per heavy atom. The highest BCUT2D eigenvalue weighted by Crippen LogP contribution is 2.09. The number of aromatic amines is 1. The van der Waals surface area contributed by atoms with E-state index in [4.69, 9.17) is 4.74 Å². The smallest absolute Gasteiger partial charge is 0.263 e. The van der Waals surface area contributed by atoms with Gasteiger partial charge in [-0.05, 0) is 36.2 Å². The quantitative estimate of drug-likeness (QED) is 0.676. The first kappa shape index (κ1) is 17.3. The molecule has 0 aliphatic carbocycles. The first-order valence-electron chi connectivity index (χ1n) is 8.15. The lowest BCUT2D eigenvalue weighted by atomic mass is 10.2. The van der Waals surface area contributed by atoms with Gasteiger partial charge in [-0.3, -0.25) is 14.6 Å². The molecule has 0 unspecified atom stereocenters. The molecule has 3 aromatic rings. The number of benzene rings is 1. The van der Waals surface area contributed by atoms with Crippen LogP contribution < -0.4 is 15.6 Å². The minimum absolute atomic E-state index is 0.0248. The van der Waals surface area contributed by atoms with Crippen molar-refractivity contribution in [1.82, 2.24) is 20.3 Å². The number of amides is 1. The monoisotopic (exact) mass is 350 g/mol. The highest BCUT2D eigenvalue weighted by Gasteiger charge is 2.11. The molecule has 7 heteroatoms. The van der Waals surface area contributed by atoms with Gasteiger partial charge in [0.05, 0.1) is 0 Å². The molecule has 1 aromatic carbocycles. The van der Waals surface area contributed by atoms with Gasteiger partial charge in [0.1, 0.15) is 23.7 Å². The van der Waals surface area contributed by atoms with Crippen LogP contribution in [0.5, 0.6) is 5.75 Å². The van der Waals surface area contributed by atoms with Crippen LogP contribution >= 0.6 is 0 Å². The normalized spacial score (nSPS) is 10.3. The van der Waals surface area contributed by atoms with Crippen molar-refractivity contribution in [3.8, 4) is 5.75 Å². The van der Waals surface area contributed by atoms with Crippen LogP contribution in [0, 0.1) is 0 Å². The Kier molecular flexibility index (Phi) is 5.72. The lowest BCUT2D eigenvalue weighted by molar-refractivity contribution is 0.0952. The SMILES string of the molecule is O=C(NCCc1ccncc1)c1cnc(COc2ccccc2)[nH]c1=O. The number of nitrogens with zero attached hydrogens (tertiary/aromatic N) is 2. The third-order valence-electron chi connectivity index (χ3n) is 3.66. The maximum absolute atomic E-state index is 12.1. The van der Waals surface area contributed by atoms with Crippen LogP contribution in [-0.2, 0) is 13.0 Å². The topological polar surface area (TPSA) is 97.0 Å². The lowest BCUT2D eigenvalue weighted by Crippen LogP contribution is -2.32. The minimum Gasteiger partial charge on any atom is -0.486 e. The Morgan fingerprint density at radius 1 is 1.12 bits per heavy atom. The number of ether oxygens (including phenoxy) is 1. The average molecular weight is 350 g/mol. The van der Waals surface area contributed by atoms with Crippen LogP contribution in [0.15, 0.2) is 65.8 Å². The summed E-state index contributed by atoms with van der Waals surface area (Å²) in [6.07, 6.45) is 5.32. The summed E-state index contributed by atoms with van der Waals surface area (Å²) in [5.41, 5.74) is 0.539. The first-order chi connectivity index (χ1) is 12.7. The van der Waals surface area contributed by atoms with E-state index in [9.17, 15) is 9.59 Å². The number of para-hydroxylation sites is 1. The van der Waals surface area contributed by atoms with Crippen molar-refractivity contribution in [2.24, 2.45) is 0 Å². The van der Waals surface area contributed by atoms with E-state index in [0.29, 0.717) is 24.5 Å². The largest absolute Gasteiger partial charge is 0.486 e. The number of carbonyl (C=O) groups excluding carboxylic acids is 1. The third-order valence-corrected chi connectivity index (χ3v) is 3.66. The fourth-order valence-electron chi connectivity index (χ4n) is 2.30. The third kappa shape index (κ3) is 4.76. The van der Waals surface area contributed by atoms with E-state index in [1.807, 2.05) is 42.5 Å². The summed E-state index contributed by atoms with van der Waals surface area (Å²) in [6, 6.07) is 13.0. The van der Waals surface area contributed by atoms with Crippen molar-refractivity contribution in [2.75, 3.05) is 6.54 Å². The van der Waals surface area contributed by atoms with Crippen LogP contribution in [-0.4, -0.2) is 27.4 Å². The Morgan fingerprint density at radius 3 is 2.62 bits per heavy atom. The summed E-state index contributed by atoms with van der Waals surface area (Å²) >= 11 is 0. The van der Waals surface area contributed by atoms with Gasteiger partial charge in [0.2, 0.25) is 0 Å². The van der Waals surface area contributed by atoms with Crippen molar-refractivity contribution < 1.29 is 9.53 Å². The number of aromatic nitrogens is 3. The number of nitrogens with one attached hydrogen (secondary N) is 2. The number of pyridine rings is 1. The molecule has 0 spiro atoms. The standard InChI is InChI=1S/C19H18N4O3/c24-18(21-11-8-14-6-9-20-10-7-14)16-12-22-17(23-19(16)25)13-26-15-4-2-1-3-5-15/h1-7,9-10,12H,8,11,13H2,(H,21,24)(H,22,23,25). The predicted octanol–water partition coefficient (Wildman–Crippen LogP) is 1.72. The van der Waals surface area contributed by atoms with Gasteiger partial charge in [-0.2, -0.15) is 0 Å². The Labute approximate surface area is 150 Å². The number of H-pyrrole nitrogens is 1. The van der Waals surface area contributed by atoms with Gasteiger partial charge in [-0.15, -0.1) is 0 Å². The van der Waals surface area contributed by atoms with Gasteiger partial charge in [0.15, 0.2) is 0 Å².